The Morgan fingerprint density at radius 1 is 1.50 bits per heavy atom. The molecule has 0 aliphatic heterocycles. The monoisotopic (exact) mass is 175 g/mol. The fourth-order valence-electron chi connectivity index (χ4n) is 0.678. The van der Waals surface area contributed by atoms with Gasteiger partial charge < -0.3 is 15.5 Å². The van der Waals surface area contributed by atoms with E-state index in [4.69, 9.17) is 10.2 Å². The summed E-state index contributed by atoms with van der Waals surface area (Å²) in [6, 6.07) is 0. The summed E-state index contributed by atoms with van der Waals surface area (Å²) >= 11 is 0. The molecular formula is C8H17NO3. The number of rotatable bonds is 6. The van der Waals surface area contributed by atoms with Crippen LogP contribution in [0.5, 0.6) is 0 Å². The van der Waals surface area contributed by atoms with Crippen LogP contribution in [0.15, 0.2) is 0 Å². The minimum absolute atomic E-state index is 0.104. The number of carboxylic acids is 1. The zero-order chi connectivity index (χ0) is 9.61. The van der Waals surface area contributed by atoms with E-state index in [0.29, 0.717) is 13.1 Å². The second-order valence-electron chi connectivity index (χ2n) is 3.64. The lowest BCUT2D eigenvalue weighted by molar-refractivity contribution is -0.136. The summed E-state index contributed by atoms with van der Waals surface area (Å²) in [5.41, 5.74) is -0.168. The first-order chi connectivity index (χ1) is 5.48. The Hall–Kier alpha value is -0.610. The van der Waals surface area contributed by atoms with Crippen molar-refractivity contribution in [3.05, 3.63) is 0 Å². The molecule has 0 aliphatic carbocycles. The zero-order valence-corrected chi connectivity index (χ0v) is 7.63. The molecule has 72 valence electrons. The van der Waals surface area contributed by atoms with Crippen LogP contribution in [0.1, 0.15) is 20.3 Å². The highest BCUT2D eigenvalue weighted by Gasteiger charge is 2.15. The van der Waals surface area contributed by atoms with Gasteiger partial charge in [0.1, 0.15) is 0 Å². The van der Waals surface area contributed by atoms with Crippen molar-refractivity contribution in [3.8, 4) is 0 Å². The predicted molar refractivity (Wildman–Crippen MR) is 46.0 cm³/mol. The lowest BCUT2D eigenvalue weighted by Crippen LogP contribution is -2.33. The standard InChI is InChI=1S/C8H17NO3/c1-8(2,6-10)5-9-4-3-7(11)12/h9-10H,3-6H2,1-2H3,(H,11,12). The van der Waals surface area contributed by atoms with E-state index in [-0.39, 0.29) is 18.4 Å². The molecule has 0 aromatic heterocycles. The maximum Gasteiger partial charge on any atom is 0.304 e. The minimum Gasteiger partial charge on any atom is -0.481 e. The quantitative estimate of drug-likeness (QED) is 0.500. The summed E-state index contributed by atoms with van der Waals surface area (Å²) in [6.45, 7) is 5.03. The largest absolute Gasteiger partial charge is 0.481 e. The molecule has 0 saturated carbocycles. The lowest BCUT2D eigenvalue weighted by atomic mass is 9.95. The smallest absolute Gasteiger partial charge is 0.304 e. The van der Waals surface area contributed by atoms with Crippen molar-refractivity contribution in [2.45, 2.75) is 20.3 Å². The number of hydrogen-bond donors (Lipinski definition) is 3. The SMILES string of the molecule is CC(C)(CO)CNCCC(=O)O. The van der Waals surface area contributed by atoms with E-state index in [1.165, 1.54) is 0 Å². The maximum absolute atomic E-state index is 10.1. The number of aliphatic hydroxyl groups is 1. The van der Waals surface area contributed by atoms with Gasteiger partial charge in [0.15, 0.2) is 0 Å². The molecular weight excluding hydrogens is 158 g/mol. The van der Waals surface area contributed by atoms with Gasteiger partial charge in [-0.1, -0.05) is 13.8 Å². The van der Waals surface area contributed by atoms with Gasteiger partial charge in [0.2, 0.25) is 0 Å². The molecule has 0 amide bonds. The molecule has 0 bridgehead atoms. The van der Waals surface area contributed by atoms with Crippen LogP contribution in [-0.2, 0) is 4.79 Å². The van der Waals surface area contributed by atoms with Crippen LogP contribution in [0.3, 0.4) is 0 Å². The maximum atomic E-state index is 10.1. The Kier molecular flexibility index (Phi) is 4.85. The number of carbonyl (C=O) groups is 1. The van der Waals surface area contributed by atoms with E-state index in [9.17, 15) is 4.79 Å². The van der Waals surface area contributed by atoms with Gasteiger partial charge in [-0.2, -0.15) is 0 Å². The van der Waals surface area contributed by atoms with Crippen molar-refractivity contribution >= 4 is 5.97 Å². The highest BCUT2D eigenvalue weighted by atomic mass is 16.4. The first kappa shape index (κ1) is 11.4. The van der Waals surface area contributed by atoms with Crippen molar-refractivity contribution in [2.75, 3.05) is 19.7 Å². The number of hydrogen-bond acceptors (Lipinski definition) is 3. The van der Waals surface area contributed by atoms with Crippen LogP contribution in [0.25, 0.3) is 0 Å². The van der Waals surface area contributed by atoms with Gasteiger partial charge in [-0.05, 0) is 0 Å². The van der Waals surface area contributed by atoms with Gasteiger partial charge in [-0.15, -0.1) is 0 Å². The van der Waals surface area contributed by atoms with E-state index in [1.54, 1.807) is 0 Å². The average molecular weight is 175 g/mol. The normalized spacial score (nSPS) is 11.6. The molecule has 0 fully saturated rings. The minimum atomic E-state index is -0.802. The Balaban J connectivity index is 3.37. The highest BCUT2D eigenvalue weighted by molar-refractivity contribution is 5.66. The number of carboxylic acid groups (broad SMARTS) is 1. The molecule has 12 heavy (non-hydrogen) atoms. The molecule has 0 aromatic carbocycles. The molecule has 3 N–H and O–H groups in total. The second-order valence-corrected chi connectivity index (χ2v) is 3.64. The van der Waals surface area contributed by atoms with Crippen molar-refractivity contribution in [3.63, 3.8) is 0 Å². The number of aliphatic carboxylic acids is 1. The summed E-state index contributed by atoms with van der Waals surface area (Å²) in [5.74, 6) is -0.802. The predicted octanol–water partition coefficient (Wildman–Crippen LogP) is 0.0692. The molecule has 0 aromatic rings. The Bertz CT molecular complexity index is 145. The van der Waals surface area contributed by atoms with E-state index in [0.717, 1.165) is 0 Å². The van der Waals surface area contributed by atoms with E-state index in [1.807, 2.05) is 13.8 Å². The Morgan fingerprint density at radius 3 is 2.50 bits per heavy atom. The van der Waals surface area contributed by atoms with E-state index >= 15 is 0 Å². The van der Waals surface area contributed by atoms with Crippen LogP contribution in [0, 0.1) is 5.41 Å². The van der Waals surface area contributed by atoms with Gasteiger partial charge in [-0.25, -0.2) is 0 Å². The van der Waals surface area contributed by atoms with Crippen molar-refractivity contribution in [1.29, 1.82) is 0 Å². The third kappa shape index (κ3) is 6.12. The van der Waals surface area contributed by atoms with Crippen molar-refractivity contribution in [2.24, 2.45) is 5.41 Å². The van der Waals surface area contributed by atoms with Crippen LogP contribution in [0.2, 0.25) is 0 Å². The lowest BCUT2D eigenvalue weighted by Gasteiger charge is -2.21. The van der Waals surface area contributed by atoms with Crippen LogP contribution < -0.4 is 5.32 Å². The van der Waals surface area contributed by atoms with E-state index in [2.05, 4.69) is 5.32 Å². The fraction of sp³-hybridized carbons (Fsp3) is 0.875. The Morgan fingerprint density at radius 2 is 2.08 bits per heavy atom. The van der Waals surface area contributed by atoms with Crippen molar-refractivity contribution in [1.82, 2.24) is 5.32 Å². The third-order valence-corrected chi connectivity index (χ3v) is 1.55. The molecule has 0 saturated heterocycles. The average Bonchev–Trinajstić information content (AvgIpc) is 1.98. The number of nitrogens with one attached hydrogen (secondary N) is 1. The van der Waals surface area contributed by atoms with Crippen LogP contribution in [-0.4, -0.2) is 35.9 Å². The first-order valence-corrected chi connectivity index (χ1v) is 4.01. The molecule has 0 rings (SSSR count). The highest BCUT2D eigenvalue weighted by Crippen LogP contribution is 2.10. The van der Waals surface area contributed by atoms with Crippen LogP contribution >= 0.6 is 0 Å². The summed E-state index contributed by atoms with van der Waals surface area (Å²) in [4.78, 5) is 10.1. The molecule has 0 aliphatic rings. The molecule has 0 atom stereocenters. The first-order valence-electron chi connectivity index (χ1n) is 4.01. The van der Waals surface area contributed by atoms with Gasteiger partial charge in [0.25, 0.3) is 0 Å². The molecule has 0 spiro atoms. The number of aliphatic hydroxyl groups excluding tert-OH is 1. The topological polar surface area (TPSA) is 69.6 Å². The van der Waals surface area contributed by atoms with Gasteiger partial charge >= 0.3 is 5.97 Å². The fourth-order valence-corrected chi connectivity index (χ4v) is 0.678. The summed E-state index contributed by atoms with van der Waals surface area (Å²) in [6.07, 6.45) is 0.126. The van der Waals surface area contributed by atoms with Gasteiger partial charge in [-0.3, -0.25) is 4.79 Å². The zero-order valence-electron chi connectivity index (χ0n) is 7.63. The van der Waals surface area contributed by atoms with Crippen LogP contribution in [0.4, 0.5) is 0 Å². The van der Waals surface area contributed by atoms with Crippen molar-refractivity contribution < 1.29 is 15.0 Å². The molecule has 0 heterocycles. The van der Waals surface area contributed by atoms with E-state index < -0.39 is 5.97 Å². The second kappa shape index (κ2) is 5.11. The Labute approximate surface area is 72.6 Å². The molecule has 4 nitrogen and oxygen atoms in total. The van der Waals surface area contributed by atoms with Gasteiger partial charge in [0, 0.05) is 25.1 Å². The molecule has 0 radical (unpaired) electrons. The third-order valence-electron chi connectivity index (χ3n) is 1.55. The summed E-state index contributed by atoms with van der Waals surface area (Å²) in [5, 5.41) is 20.1. The summed E-state index contributed by atoms with van der Waals surface area (Å²) in [7, 11) is 0. The summed E-state index contributed by atoms with van der Waals surface area (Å²) < 4.78 is 0. The van der Waals surface area contributed by atoms with Gasteiger partial charge in [0.05, 0.1) is 6.42 Å². The molecule has 4 heteroatoms. The molecule has 0 unspecified atom stereocenters.